The number of rotatable bonds is 5. The Kier molecular flexibility index (Phi) is 4.42. The first kappa shape index (κ1) is 13.1. The van der Waals surface area contributed by atoms with Crippen LogP contribution in [0.25, 0.3) is 0 Å². The van der Waals surface area contributed by atoms with E-state index in [2.05, 4.69) is 10.2 Å². The van der Waals surface area contributed by atoms with Crippen molar-refractivity contribution in [1.82, 2.24) is 5.32 Å². The van der Waals surface area contributed by atoms with E-state index in [1.165, 1.54) is 12.8 Å². The fraction of sp³-hybridized carbons (Fsp3) is 0.571. The second kappa shape index (κ2) is 6.05. The highest BCUT2D eigenvalue weighted by molar-refractivity contribution is 5.49. The quantitative estimate of drug-likeness (QED) is 0.871. The number of hydrogen-bond donors (Lipinski definition) is 1. The third kappa shape index (κ3) is 3.13. The topological polar surface area (TPSA) is 24.5 Å². The molecule has 0 amide bonds. The van der Waals surface area contributed by atoms with Crippen LogP contribution in [0.1, 0.15) is 19.8 Å². The van der Waals surface area contributed by atoms with Crippen molar-refractivity contribution < 1.29 is 9.13 Å². The van der Waals surface area contributed by atoms with Crippen LogP contribution in [0.2, 0.25) is 0 Å². The van der Waals surface area contributed by atoms with Gasteiger partial charge in [0.15, 0.2) is 11.6 Å². The van der Waals surface area contributed by atoms with Crippen LogP contribution in [-0.4, -0.2) is 32.8 Å². The molecule has 1 unspecified atom stereocenters. The van der Waals surface area contributed by atoms with Gasteiger partial charge in [-0.2, -0.15) is 0 Å². The van der Waals surface area contributed by atoms with E-state index in [0.717, 1.165) is 18.8 Å². The number of likely N-dealkylation sites (N-methyl/N-ethyl adjacent to an activating group) is 1. The van der Waals surface area contributed by atoms with Gasteiger partial charge in [-0.25, -0.2) is 4.39 Å². The fourth-order valence-corrected chi connectivity index (χ4v) is 2.35. The van der Waals surface area contributed by atoms with Gasteiger partial charge in [0.05, 0.1) is 6.61 Å². The summed E-state index contributed by atoms with van der Waals surface area (Å²) in [7, 11) is 2.00. The monoisotopic (exact) mass is 252 g/mol. The van der Waals surface area contributed by atoms with Gasteiger partial charge in [-0.05, 0) is 38.4 Å². The van der Waals surface area contributed by atoms with Crippen LogP contribution in [0.15, 0.2) is 18.2 Å². The Hall–Kier alpha value is -1.29. The van der Waals surface area contributed by atoms with Crippen LogP contribution >= 0.6 is 0 Å². The van der Waals surface area contributed by atoms with Gasteiger partial charge < -0.3 is 15.0 Å². The minimum atomic E-state index is -0.291. The lowest BCUT2D eigenvalue weighted by molar-refractivity contribution is 0.321. The molecular formula is C14H21FN2O. The summed E-state index contributed by atoms with van der Waals surface area (Å²) >= 11 is 0. The molecule has 0 bridgehead atoms. The molecule has 100 valence electrons. The Morgan fingerprint density at radius 1 is 1.50 bits per heavy atom. The zero-order valence-electron chi connectivity index (χ0n) is 11.1. The molecule has 1 aliphatic rings. The lowest BCUT2D eigenvalue weighted by Crippen LogP contribution is -2.35. The molecule has 1 atom stereocenters. The van der Waals surface area contributed by atoms with E-state index in [9.17, 15) is 4.39 Å². The molecule has 1 aromatic rings. The zero-order valence-corrected chi connectivity index (χ0v) is 11.1. The fourth-order valence-electron chi connectivity index (χ4n) is 2.35. The van der Waals surface area contributed by atoms with Crippen molar-refractivity contribution >= 4 is 5.69 Å². The van der Waals surface area contributed by atoms with Crippen LogP contribution in [0.5, 0.6) is 5.75 Å². The van der Waals surface area contributed by atoms with Gasteiger partial charge in [-0.1, -0.05) is 0 Å². The minimum absolute atomic E-state index is 0.291. The van der Waals surface area contributed by atoms with E-state index in [1.807, 2.05) is 20.0 Å². The average molecular weight is 252 g/mol. The predicted molar refractivity (Wildman–Crippen MR) is 71.9 cm³/mol. The van der Waals surface area contributed by atoms with Crippen molar-refractivity contribution in [2.24, 2.45) is 0 Å². The van der Waals surface area contributed by atoms with E-state index in [-0.39, 0.29) is 5.82 Å². The second-order valence-electron chi connectivity index (χ2n) is 4.72. The van der Waals surface area contributed by atoms with Crippen molar-refractivity contribution in [1.29, 1.82) is 0 Å². The summed E-state index contributed by atoms with van der Waals surface area (Å²) in [6, 6.07) is 5.67. The Bertz CT molecular complexity index is 391. The van der Waals surface area contributed by atoms with Crippen LogP contribution in [0.4, 0.5) is 10.1 Å². The summed E-state index contributed by atoms with van der Waals surface area (Å²) in [6.07, 6.45) is 2.43. The van der Waals surface area contributed by atoms with Gasteiger partial charge in [0, 0.05) is 31.4 Å². The van der Waals surface area contributed by atoms with Crippen molar-refractivity contribution in [2.45, 2.75) is 25.8 Å². The number of halogens is 1. The van der Waals surface area contributed by atoms with E-state index in [4.69, 9.17) is 4.74 Å². The van der Waals surface area contributed by atoms with Crippen LogP contribution in [-0.2, 0) is 0 Å². The molecule has 1 heterocycles. The first-order valence-electron chi connectivity index (χ1n) is 6.57. The molecule has 0 aromatic heterocycles. The number of benzene rings is 1. The molecule has 18 heavy (non-hydrogen) atoms. The largest absolute Gasteiger partial charge is 0.491 e. The first-order chi connectivity index (χ1) is 8.70. The van der Waals surface area contributed by atoms with E-state index in [0.29, 0.717) is 18.4 Å². The maximum Gasteiger partial charge on any atom is 0.167 e. The molecule has 0 saturated carbocycles. The molecule has 1 saturated heterocycles. The van der Waals surface area contributed by atoms with Crippen molar-refractivity contribution in [3.05, 3.63) is 24.0 Å². The normalized spacial score (nSPS) is 18.9. The van der Waals surface area contributed by atoms with Gasteiger partial charge in [-0.15, -0.1) is 0 Å². The highest BCUT2D eigenvalue weighted by Gasteiger charge is 2.16. The van der Waals surface area contributed by atoms with Crippen LogP contribution in [0, 0.1) is 5.82 Å². The highest BCUT2D eigenvalue weighted by atomic mass is 19.1. The zero-order chi connectivity index (χ0) is 13.0. The van der Waals surface area contributed by atoms with Crippen molar-refractivity contribution in [3.63, 3.8) is 0 Å². The van der Waals surface area contributed by atoms with Crippen LogP contribution in [0.3, 0.4) is 0 Å². The Labute approximate surface area is 108 Å². The average Bonchev–Trinajstić information content (AvgIpc) is 2.84. The van der Waals surface area contributed by atoms with E-state index in [1.54, 1.807) is 12.1 Å². The molecule has 3 nitrogen and oxygen atoms in total. The molecule has 4 heteroatoms. The number of nitrogens with one attached hydrogen (secondary N) is 1. The lowest BCUT2D eigenvalue weighted by Gasteiger charge is -2.23. The molecule has 1 N–H and O–H groups in total. The third-order valence-electron chi connectivity index (χ3n) is 3.31. The number of anilines is 1. The smallest absolute Gasteiger partial charge is 0.167 e. The maximum absolute atomic E-state index is 13.7. The Morgan fingerprint density at radius 3 is 2.94 bits per heavy atom. The van der Waals surface area contributed by atoms with Gasteiger partial charge in [0.25, 0.3) is 0 Å². The summed E-state index contributed by atoms with van der Waals surface area (Å²) < 4.78 is 18.9. The standard InChI is InChI=1S/C14H21FN2O/c1-3-18-14-7-6-12(9-13(14)15)17(2)10-11-5-4-8-16-11/h6-7,9,11,16H,3-5,8,10H2,1-2H3. The van der Waals surface area contributed by atoms with E-state index >= 15 is 0 Å². The lowest BCUT2D eigenvalue weighted by atomic mass is 10.2. The van der Waals surface area contributed by atoms with Gasteiger partial charge in [-0.3, -0.25) is 0 Å². The van der Waals surface area contributed by atoms with Crippen molar-refractivity contribution in [3.8, 4) is 5.75 Å². The van der Waals surface area contributed by atoms with Crippen molar-refractivity contribution in [2.75, 3.05) is 31.6 Å². The molecular weight excluding hydrogens is 231 g/mol. The third-order valence-corrected chi connectivity index (χ3v) is 3.31. The first-order valence-corrected chi connectivity index (χ1v) is 6.57. The maximum atomic E-state index is 13.7. The SMILES string of the molecule is CCOc1ccc(N(C)CC2CCCN2)cc1F. The summed E-state index contributed by atoms with van der Waals surface area (Å²) in [4.78, 5) is 2.09. The number of hydrogen-bond acceptors (Lipinski definition) is 3. The molecule has 1 aromatic carbocycles. The second-order valence-corrected chi connectivity index (χ2v) is 4.72. The molecule has 2 rings (SSSR count). The Morgan fingerprint density at radius 2 is 2.33 bits per heavy atom. The number of nitrogens with zero attached hydrogens (tertiary/aromatic N) is 1. The van der Waals surface area contributed by atoms with Gasteiger partial charge in [0.1, 0.15) is 0 Å². The summed E-state index contributed by atoms with van der Waals surface area (Å²) in [6.45, 7) is 4.34. The molecule has 0 spiro atoms. The van der Waals surface area contributed by atoms with E-state index < -0.39 is 0 Å². The van der Waals surface area contributed by atoms with Gasteiger partial charge in [0.2, 0.25) is 0 Å². The molecule has 1 aliphatic heterocycles. The molecule has 0 radical (unpaired) electrons. The minimum Gasteiger partial charge on any atom is -0.491 e. The summed E-state index contributed by atoms with van der Waals surface area (Å²) in [5.41, 5.74) is 0.893. The highest BCUT2D eigenvalue weighted by Crippen LogP contribution is 2.23. The summed E-state index contributed by atoms with van der Waals surface area (Å²) in [5.74, 6) is 0.0363. The molecule has 1 fully saturated rings. The van der Waals surface area contributed by atoms with Gasteiger partial charge >= 0.3 is 0 Å². The summed E-state index contributed by atoms with van der Waals surface area (Å²) in [5, 5.41) is 3.44. The Balaban J connectivity index is 2.01. The van der Waals surface area contributed by atoms with Crippen LogP contribution < -0.4 is 15.0 Å². The number of ether oxygens (including phenoxy) is 1. The predicted octanol–water partition coefficient (Wildman–Crippen LogP) is 2.41. The molecule has 0 aliphatic carbocycles.